The first-order valence-corrected chi connectivity index (χ1v) is 7.04. The second-order valence-corrected chi connectivity index (χ2v) is 5.37. The Morgan fingerprint density at radius 2 is 1.77 bits per heavy atom. The molecule has 2 bridgehead atoms. The van der Waals surface area contributed by atoms with Gasteiger partial charge in [0.25, 0.3) is 0 Å². The number of carbonyl (C=O) groups is 1. The maximum absolute atomic E-state index is 11.5. The van der Waals surface area contributed by atoms with E-state index < -0.39 is 17.7 Å². The lowest BCUT2D eigenvalue weighted by Gasteiger charge is -2.34. The molecule has 0 aliphatic carbocycles. The van der Waals surface area contributed by atoms with E-state index >= 15 is 0 Å². The molecule has 5 heteroatoms. The van der Waals surface area contributed by atoms with Crippen molar-refractivity contribution in [3.8, 4) is 0 Å². The third-order valence-corrected chi connectivity index (χ3v) is 3.85. The summed E-state index contributed by atoms with van der Waals surface area (Å²) in [5, 5.41) is 0. The third-order valence-electron chi connectivity index (χ3n) is 3.85. The van der Waals surface area contributed by atoms with E-state index in [0.717, 1.165) is 11.1 Å². The Balaban J connectivity index is 1.86. The van der Waals surface area contributed by atoms with Gasteiger partial charge in [-0.15, -0.1) is 0 Å². The van der Waals surface area contributed by atoms with Crippen molar-refractivity contribution in [2.45, 2.75) is 25.1 Å². The molecular weight excluding hydrogens is 284 g/mol. The highest BCUT2D eigenvalue weighted by Crippen LogP contribution is 2.53. The molecule has 0 radical (unpaired) electrons. The van der Waals surface area contributed by atoms with Gasteiger partial charge in [-0.05, 0) is 11.6 Å². The van der Waals surface area contributed by atoms with Crippen LogP contribution in [-0.2, 0) is 42.2 Å². The summed E-state index contributed by atoms with van der Waals surface area (Å²) in [4.78, 5) is 22.4. The zero-order chi connectivity index (χ0) is 15.2. The Morgan fingerprint density at radius 3 is 2.55 bits per heavy atom. The molecule has 2 heterocycles. The van der Waals surface area contributed by atoms with E-state index in [0.29, 0.717) is 12.0 Å². The smallest absolute Gasteiger partial charge is 0.388 e. The zero-order valence-electron chi connectivity index (χ0n) is 11.9. The molecule has 2 aromatic carbocycles. The summed E-state index contributed by atoms with van der Waals surface area (Å²) in [6.07, 6.45) is 0.468. The van der Waals surface area contributed by atoms with Gasteiger partial charge < -0.3 is 4.74 Å². The molecule has 2 atom stereocenters. The molecule has 0 aromatic heterocycles. The Bertz CT molecular complexity index is 729. The maximum atomic E-state index is 11.5. The number of fused-ring (bicyclic) bond motifs is 4. The molecule has 0 amide bonds. The average molecular weight is 298 g/mol. The normalized spacial score (nSPS) is 29.0. The van der Waals surface area contributed by atoms with Crippen LogP contribution in [0.5, 0.6) is 0 Å². The first-order valence-electron chi connectivity index (χ1n) is 7.04. The summed E-state index contributed by atoms with van der Waals surface area (Å²) in [5.74, 6) is -3.29. The Kier molecular flexibility index (Phi) is 2.84. The molecule has 0 spiro atoms. The van der Waals surface area contributed by atoms with E-state index in [-0.39, 0.29) is 0 Å². The number of hydrogen-bond donors (Lipinski definition) is 0. The minimum atomic E-state index is -1.66. The minimum absolute atomic E-state index is 0.468. The summed E-state index contributed by atoms with van der Waals surface area (Å²) in [6.45, 7) is 1.31. The number of esters is 1. The van der Waals surface area contributed by atoms with Crippen molar-refractivity contribution < 1.29 is 24.0 Å². The molecule has 2 unspecified atom stereocenters. The molecule has 112 valence electrons. The molecule has 0 N–H and O–H groups in total. The topological polar surface area (TPSA) is 54.0 Å². The highest BCUT2D eigenvalue weighted by molar-refractivity contribution is 5.66. The summed E-state index contributed by atoms with van der Waals surface area (Å²) < 4.78 is 11.3. The molecular formula is C17H14O5. The number of hydrogen-bond acceptors (Lipinski definition) is 5. The SMILES string of the molecule is CC(=O)OC12OOC(c3ccccc3)(Cc3ccccc31)O2. The molecule has 2 aliphatic heterocycles. The summed E-state index contributed by atoms with van der Waals surface area (Å²) in [6, 6.07) is 17.0. The molecule has 2 aliphatic rings. The van der Waals surface area contributed by atoms with Crippen LogP contribution >= 0.6 is 0 Å². The maximum Gasteiger partial charge on any atom is 0.388 e. The van der Waals surface area contributed by atoms with Crippen LogP contribution in [0.1, 0.15) is 23.6 Å². The lowest BCUT2D eigenvalue weighted by Crippen LogP contribution is -2.42. The van der Waals surface area contributed by atoms with E-state index in [1.54, 1.807) is 0 Å². The summed E-state index contributed by atoms with van der Waals surface area (Å²) >= 11 is 0. The van der Waals surface area contributed by atoms with Crippen molar-refractivity contribution in [1.29, 1.82) is 0 Å². The highest BCUT2D eigenvalue weighted by atomic mass is 17.3. The standard InChI is InChI=1S/C17H14O5/c1-12(18)19-17-15-10-6-5-7-13(15)11-16(20-17,21-22-17)14-8-3-2-4-9-14/h2-10H,11H2,1H3. The predicted octanol–water partition coefficient (Wildman–Crippen LogP) is 2.75. The first kappa shape index (κ1) is 13.5. The van der Waals surface area contributed by atoms with Crippen molar-refractivity contribution in [2.24, 2.45) is 0 Å². The fourth-order valence-electron chi connectivity index (χ4n) is 2.95. The van der Waals surface area contributed by atoms with Crippen LogP contribution in [0.25, 0.3) is 0 Å². The monoisotopic (exact) mass is 298 g/mol. The van der Waals surface area contributed by atoms with Crippen molar-refractivity contribution in [1.82, 2.24) is 0 Å². The average Bonchev–Trinajstić information content (AvgIpc) is 2.83. The number of carbonyl (C=O) groups excluding carboxylic acids is 1. The van der Waals surface area contributed by atoms with Crippen LogP contribution in [0.2, 0.25) is 0 Å². The van der Waals surface area contributed by atoms with Crippen LogP contribution in [0, 0.1) is 0 Å². The zero-order valence-corrected chi connectivity index (χ0v) is 11.9. The van der Waals surface area contributed by atoms with Gasteiger partial charge in [0.15, 0.2) is 0 Å². The van der Waals surface area contributed by atoms with E-state index in [9.17, 15) is 4.79 Å². The van der Waals surface area contributed by atoms with Crippen molar-refractivity contribution in [3.63, 3.8) is 0 Å². The van der Waals surface area contributed by atoms with Crippen molar-refractivity contribution >= 4 is 5.97 Å². The third kappa shape index (κ3) is 1.87. The lowest BCUT2D eigenvalue weighted by atomic mass is 9.91. The lowest BCUT2D eigenvalue weighted by molar-refractivity contribution is -0.412. The Labute approximate surface area is 127 Å². The van der Waals surface area contributed by atoms with Gasteiger partial charge in [0.1, 0.15) is 0 Å². The number of benzene rings is 2. The van der Waals surface area contributed by atoms with Gasteiger partial charge >= 0.3 is 11.9 Å². The Hall–Kier alpha value is -2.21. The fourth-order valence-corrected chi connectivity index (χ4v) is 2.95. The molecule has 5 nitrogen and oxygen atoms in total. The molecule has 0 saturated carbocycles. The van der Waals surface area contributed by atoms with Gasteiger partial charge in [0.2, 0.25) is 5.79 Å². The molecule has 1 saturated heterocycles. The molecule has 2 aromatic rings. The van der Waals surface area contributed by atoms with Gasteiger partial charge in [-0.1, -0.05) is 48.5 Å². The van der Waals surface area contributed by atoms with Crippen LogP contribution in [0.4, 0.5) is 0 Å². The molecule has 4 rings (SSSR count). The van der Waals surface area contributed by atoms with Crippen molar-refractivity contribution in [3.05, 3.63) is 71.3 Å². The van der Waals surface area contributed by atoms with E-state index in [2.05, 4.69) is 0 Å². The quantitative estimate of drug-likeness (QED) is 0.630. The van der Waals surface area contributed by atoms with Crippen LogP contribution < -0.4 is 0 Å². The molecule has 22 heavy (non-hydrogen) atoms. The number of ether oxygens (including phenoxy) is 2. The predicted molar refractivity (Wildman–Crippen MR) is 75.0 cm³/mol. The van der Waals surface area contributed by atoms with Gasteiger partial charge in [-0.25, -0.2) is 0 Å². The fraction of sp³-hybridized carbons (Fsp3) is 0.235. The van der Waals surface area contributed by atoms with Gasteiger partial charge in [-0.2, -0.15) is 9.78 Å². The van der Waals surface area contributed by atoms with Crippen LogP contribution in [-0.4, -0.2) is 5.97 Å². The van der Waals surface area contributed by atoms with E-state index in [4.69, 9.17) is 19.2 Å². The molecule has 1 fully saturated rings. The highest BCUT2D eigenvalue weighted by Gasteiger charge is 2.62. The largest absolute Gasteiger partial charge is 0.402 e. The number of rotatable bonds is 2. The second kappa shape index (κ2) is 4.64. The van der Waals surface area contributed by atoms with E-state index in [1.807, 2.05) is 54.6 Å². The van der Waals surface area contributed by atoms with E-state index in [1.165, 1.54) is 6.92 Å². The van der Waals surface area contributed by atoms with Gasteiger partial charge in [-0.3, -0.25) is 9.53 Å². The minimum Gasteiger partial charge on any atom is -0.402 e. The summed E-state index contributed by atoms with van der Waals surface area (Å²) in [7, 11) is 0. The van der Waals surface area contributed by atoms with Gasteiger partial charge in [0, 0.05) is 18.9 Å². The Morgan fingerprint density at radius 1 is 1.05 bits per heavy atom. The second-order valence-electron chi connectivity index (χ2n) is 5.37. The van der Waals surface area contributed by atoms with Crippen LogP contribution in [0.3, 0.4) is 0 Å². The van der Waals surface area contributed by atoms with Gasteiger partial charge in [0.05, 0.1) is 5.56 Å². The summed E-state index contributed by atoms with van der Waals surface area (Å²) in [5.41, 5.74) is 2.41. The van der Waals surface area contributed by atoms with Crippen molar-refractivity contribution in [2.75, 3.05) is 0 Å². The van der Waals surface area contributed by atoms with Crippen LogP contribution in [0.15, 0.2) is 54.6 Å². The first-order chi connectivity index (χ1) is 10.6.